The number of unbranched alkanes of at least 4 members (excludes halogenated alkanes) is 6. The van der Waals surface area contributed by atoms with E-state index in [1.165, 1.54) is 19.3 Å². The summed E-state index contributed by atoms with van der Waals surface area (Å²) in [6, 6.07) is -0.904. The molecule has 0 radical (unpaired) electrons. The monoisotopic (exact) mass is 702 g/mol. The fraction of sp³-hybridized carbons (Fsp3) is 0.575. The molecule has 1 amide bonds. The van der Waals surface area contributed by atoms with Crippen molar-refractivity contribution in [1.29, 1.82) is 0 Å². The van der Waals surface area contributed by atoms with E-state index in [1.807, 2.05) is 6.08 Å². The number of hydrogen-bond acceptors (Lipinski definition) is 6. The van der Waals surface area contributed by atoms with Crippen LogP contribution < -0.4 is 11.1 Å². The highest BCUT2D eigenvalue weighted by Crippen LogP contribution is 2.43. The Kier molecular flexibility index (Phi) is 33.4. The zero-order chi connectivity index (χ0) is 36.1. The predicted octanol–water partition coefficient (Wildman–Crippen LogP) is 9.66. The maximum atomic E-state index is 12.6. The third-order valence-corrected chi connectivity index (χ3v) is 8.13. The molecule has 0 saturated heterocycles. The number of aliphatic hydroxyl groups excluding tert-OH is 1. The van der Waals surface area contributed by atoms with Crippen LogP contribution in [-0.4, -0.2) is 47.8 Å². The molecule has 0 heterocycles. The Morgan fingerprint density at radius 1 is 0.694 bits per heavy atom. The standard InChI is InChI=1S/C40H67N2O6P/c1-3-5-7-9-11-13-14-15-16-17-18-19-20-21-22-23-24-26-28-30-32-34-40(44)42-38(37-48-49(45,46)47-36-35-41)39(43)33-31-29-27-25-12-10-8-6-4-2/h5,7,11-13,15-16,18-19,21-22,24-26,31,33,38-39,43H,3-4,6,8-10,14,17,20,23,27-30,32,34-37,41H2,1-2H3,(H,42,44)(H,45,46)/b7-5-,13-11-,16-15-,19-18-,22-21-,25-12+,26-24-,33-31+. The molecule has 9 heteroatoms. The van der Waals surface area contributed by atoms with Crippen LogP contribution in [0.1, 0.15) is 117 Å². The van der Waals surface area contributed by atoms with E-state index in [0.29, 0.717) is 6.42 Å². The summed E-state index contributed by atoms with van der Waals surface area (Å²) in [4.78, 5) is 22.5. The Balaban J connectivity index is 4.40. The van der Waals surface area contributed by atoms with Crippen LogP contribution in [0.15, 0.2) is 97.2 Å². The number of carbonyl (C=O) groups excluding carboxylic acids is 1. The average molecular weight is 703 g/mol. The summed E-state index contributed by atoms with van der Waals surface area (Å²) in [6.45, 7) is 3.86. The number of carbonyl (C=O) groups is 1. The molecule has 0 aromatic carbocycles. The van der Waals surface area contributed by atoms with Crippen molar-refractivity contribution in [2.24, 2.45) is 5.73 Å². The van der Waals surface area contributed by atoms with Crippen LogP contribution in [-0.2, 0) is 18.4 Å². The molecular formula is C40H67N2O6P. The zero-order valence-electron chi connectivity index (χ0n) is 30.4. The van der Waals surface area contributed by atoms with Gasteiger partial charge in [0.1, 0.15) is 0 Å². The fourth-order valence-corrected chi connectivity index (χ4v) is 5.14. The van der Waals surface area contributed by atoms with Crippen LogP contribution in [0.4, 0.5) is 0 Å². The van der Waals surface area contributed by atoms with Gasteiger partial charge in [0.25, 0.3) is 0 Å². The molecule has 278 valence electrons. The normalized spacial score (nSPS) is 15.4. The maximum absolute atomic E-state index is 12.6. The van der Waals surface area contributed by atoms with Crippen molar-refractivity contribution in [3.8, 4) is 0 Å². The van der Waals surface area contributed by atoms with Gasteiger partial charge < -0.3 is 21.1 Å². The number of phosphoric acid groups is 1. The molecule has 0 bridgehead atoms. The Labute approximate surface area is 298 Å². The minimum Gasteiger partial charge on any atom is -0.387 e. The summed E-state index contributed by atoms with van der Waals surface area (Å²) in [6.07, 6.45) is 47.5. The number of nitrogens with two attached hydrogens (primary N) is 1. The Morgan fingerprint density at radius 3 is 1.73 bits per heavy atom. The van der Waals surface area contributed by atoms with E-state index < -0.39 is 20.0 Å². The molecule has 3 atom stereocenters. The number of phosphoric ester groups is 1. The molecule has 0 aliphatic rings. The van der Waals surface area contributed by atoms with Gasteiger partial charge in [-0.05, 0) is 83.5 Å². The smallest absolute Gasteiger partial charge is 0.387 e. The van der Waals surface area contributed by atoms with Gasteiger partial charge in [-0.3, -0.25) is 13.8 Å². The van der Waals surface area contributed by atoms with Crippen molar-refractivity contribution in [1.82, 2.24) is 5.32 Å². The van der Waals surface area contributed by atoms with E-state index in [1.54, 1.807) is 6.08 Å². The third kappa shape index (κ3) is 33.7. The summed E-state index contributed by atoms with van der Waals surface area (Å²) < 4.78 is 21.9. The van der Waals surface area contributed by atoms with Crippen LogP contribution >= 0.6 is 7.82 Å². The first kappa shape index (κ1) is 46.4. The number of amides is 1. The number of hydrogen-bond donors (Lipinski definition) is 4. The first-order valence-electron chi connectivity index (χ1n) is 18.4. The van der Waals surface area contributed by atoms with Gasteiger partial charge in [0.2, 0.25) is 5.91 Å². The van der Waals surface area contributed by atoms with E-state index in [9.17, 15) is 19.4 Å². The number of nitrogens with one attached hydrogen (secondary N) is 1. The molecule has 0 aromatic rings. The topological polar surface area (TPSA) is 131 Å². The molecule has 8 nitrogen and oxygen atoms in total. The predicted molar refractivity (Wildman–Crippen MR) is 207 cm³/mol. The Hall–Kier alpha value is -2.58. The van der Waals surface area contributed by atoms with E-state index >= 15 is 0 Å². The molecule has 0 fully saturated rings. The fourth-order valence-electron chi connectivity index (χ4n) is 4.38. The lowest BCUT2D eigenvalue weighted by Crippen LogP contribution is -2.45. The lowest BCUT2D eigenvalue weighted by atomic mass is 10.1. The average Bonchev–Trinajstić information content (AvgIpc) is 3.09. The Morgan fingerprint density at radius 2 is 1.18 bits per heavy atom. The molecule has 0 aromatic heterocycles. The largest absolute Gasteiger partial charge is 0.472 e. The molecular weight excluding hydrogens is 635 g/mol. The maximum Gasteiger partial charge on any atom is 0.472 e. The highest BCUT2D eigenvalue weighted by atomic mass is 31.2. The molecule has 0 aliphatic carbocycles. The van der Waals surface area contributed by atoms with Crippen molar-refractivity contribution in [2.75, 3.05) is 19.8 Å². The molecule has 0 rings (SSSR count). The second-order valence-electron chi connectivity index (χ2n) is 11.7. The molecule has 0 saturated carbocycles. The molecule has 0 spiro atoms. The molecule has 5 N–H and O–H groups in total. The summed E-state index contributed by atoms with van der Waals surface area (Å²) in [5.41, 5.74) is 5.33. The minimum absolute atomic E-state index is 0.0606. The summed E-state index contributed by atoms with van der Waals surface area (Å²) in [7, 11) is -4.35. The van der Waals surface area contributed by atoms with E-state index in [2.05, 4.69) is 104 Å². The van der Waals surface area contributed by atoms with Crippen molar-refractivity contribution in [3.05, 3.63) is 97.2 Å². The van der Waals surface area contributed by atoms with Gasteiger partial charge in [-0.2, -0.15) is 0 Å². The number of allylic oxidation sites excluding steroid dienone is 15. The van der Waals surface area contributed by atoms with Gasteiger partial charge in [-0.1, -0.05) is 124 Å². The van der Waals surface area contributed by atoms with Crippen LogP contribution in [0.3, 0.4) is 0 Å². The second kappa shape index (κ2) is 35.3. The summed E-state index contributed by atoms with van der Waals surface area (Å²) in [5.74, 6) is -0.255. The lowest BCUT2D eigenvalue weighted by molar-refractivity contribution is -0.123. The van der Waals surface area contributed by atoms with Crippen molar-refractivity contribution >= 4 is 13.7 Å². The van der Waals surface area contributed by atoms with Crippen molar-refractivity contribution in [3.63, 3.8) is 0 Å². The van der Waals surface area contributed by atoms with Crippen molar-refractivity contribution in [2.45, 2.75) is 129 Å². The third-order valence-electron chi connectivity index (χ3n) is 7.14. The van der Waals surface area contributed by atoms with Gasteiger partial charge in [0, 0.05) is 13.0 Å². The van der Waals surface area contributed by atoms with Gasteiger partial charge in [0.05, 0.1) is 25.4 Å². The highest BCUT2D eigenvalue weighted by molar-refractivity contribution is 7.47. The Bertz CT molecular complexity index is 1080. The first-order chi connectivity index (χ1) is 23.9. The van der Waals surface area contributed by atoms with Crippen LogP contribution in [0.25, 0.3) is 0 Å². The van der Waals surface area contributed by atoms with Crippen LogP contribution in [0.5, 0.6) is 0 Å². The quantitative estimate of drug-likeness (QED) is 0.0312. The summed E-state index contributed by atoms with van der Waals surface area (Å²) in [5, 5.41) is 13.5. The first-order valence-corrected chi connectivity index (χ1v) is 19.9. The SMILES string of the molecule is CC/C=C\C/C=C\C/C=C\C/C=C\C/C=C\C/C=C\CCCCC(=O)NC(COP(=O)(O)OCCN)C(O)/C=C/CC/C=C/CCCCC. The number of rotatable bonds is 32. The van der Waals surface area contributed by atoms with Gasteiger partial charge in [-0.15, -0.1) is 0 Å². The highest BCUT2D eigenvalue weighted by Gasteiger charge is 2.26. The van der Waals surface area contributed by atoms with E-state index in [0.717, 1.165) is 70.6 Å². The zero-order valence-corrected chi connectivity index (χ0v) is 31.3. The van der Waals surface area contributed by atoms with E-state index in [4.69, 9.17) is 14.8 Å². The van der Waals surface area contributed by atoms with Gasteiger partial charge in [0.15, 0.2) is 0 Å². The molecule has 3 unspecified atom stereocenters. The second-order valence-corrected chi connectivity index (χ2v) is 13.1. The molecule has 49 heavy (non-hydrogen) atoms. The molecule has 0 aliphatic heterocycles. The lowest BCUT2D eigenvalue weighted by Gasteiger charge is -2.23. The summed E-state index contributed by atoms with van der Waals surface area (Å²) >= 11 is 0. The van der Waals surface area contributed by atoms with Gasteiger partial charge >= 0.3 is 7.82 Å². The van der Waals surface area contributed by atoms with Crippen LogP contribution in [0.2, 0.25) is 0 Å². The minimum atomic E-state index is -4.35. The van der Waals surface area contributed by atoms with Crippen molar-refractivity contribution < 1.29 is 28.4 Å². The van der Waals surface area contributed by atoms with Gasteiger partial charge in [-0.25, -0.2) is 4.57 Å². The number of aliphatic hydroxyl groups is 1. The van der Waals surface area contributed by atoms with Crippen LogP contribution in [0, 0.1) is 0 Å². The van der Waals surface area contributed by atoms with E-state index in [-0.39, 0.29) is 32.1 Å².